The van der Waals surface area contributed by atoms with Gasteiger partial charge in [-0.2, -0.15) is 0 Å². The molecule has 4 aromatic rings. The second-order valence-electron chi connectivity index (χ2n) is 9.54. The van der Waals surface area contributed by atoms with Crippen LogP contribution >= 0.6 is 33.9 Å². The van der Waals surface area contributed by atoms with Gasteiger partial charge in [-0.15, -0.1) is 0 Å². The van der Waals surface area contributed by atoms with Crippen LogP contribution in [0.5, 0.6) is 17.2 Å². The van der Waals surface area contributed by atoms with Gasteiger partial charge in [-0.05, 0) is 90.0 Å². The summed E-state index contributed by atoms with van der Waals surface area (Å²) in [6.45, 7) is 8.30. The molecule has 3 aromatic carbocycles. The molecule has 5 rings (SSSR count). The van der Waals surface area contributed by atoms with E-state index >= 15 is 0 Å². The van der Waals surface area contributed by atoms with Crippen LogP contribution in [-0.2, 0) is 4.79 Å². The van der Waals surface area contributed by atoms with E-state index < -0.39 is 6.04 Å². The Labute approximate surface area is 266 Å². The van der Waals surface area contributed by atoms with Gasteiger partial charge in [0.05, 0.1) is 39.1 Å². The molecular weight excluding hydrogens is 677 g/mol. The van der Waals surface area contributed by atoms with Crippen LogP contribution in [0, 0.1) is 3.57 Å². The topological polar surface area (TPSA) is 91.2 Å². The van der Waals surface area contributed by atoms with E-state index in [0.29, 0.717) is 56.8 Å². The Morgan fingerprint density at radius 2 is 1.88 bits per heavy atom. The van der Waals surface area contributed by atoms with Crippen LogP contribution in [0.4, 0.5) is 5.69 Å². The fourth-order valence-electron chi connectivity index (χ4n) is 4.82. The number of fused-ring (bicyclic) bond motifs is 1. The summed E-state index contributed by atoms with van der Waals surface area (Å²) in [5.74, 6) is 1.55. The number of methoxy groups -OCH3 is 1. The Kier molecular flexibility index (Phi) is 9.46. The van der Waals surface area contributed by atoms with Crippen molar-refractivity contribution in [1.29, 1.82) is 0 Å². The van der Waals surface area contributed by atoms with Crippen LogP contribution in [0.1, 0.15) is 31.0 Å². The molecule has 1 aliphatic heterocycles. The predicted octanol–water partition coefficient (Wildman–Crippen LogP) is 5.45. The number of amides is 1. The first-order valence-electron chi connectivity index (χ1n) is 13.6. The minimum atomic E-state index is -0.692. The molecule has 8 nitrogen and oxygen atoms in total. The molecule has 0 radical (unpaired) electrons. The number of thiazole rings is 1. The lowest BCUT2D eigenvalue weighted by Crippen LogP contribution is -2.40. The lowest BCUT2D eigenvalue weighted by Gasteiger charge is -2.25. The molecule has 0 fully saturated rings. The number of carbonyl (C=O) groups excluding carboxylic acids is 1. The van der Waals surface area contributed by atoms with E-state index in [1.54, 1.807) is 24.7 Å². The molecule has 0 saturated heterocycles. The average molecular weight is 708 g/mol. The summed E-state index contributed by atoms with van der Waals surface area (Å²) in [6, 6.07) is 19.7. The average Bonchev–Trinajstić information content (AvgIpc) is 3.30. The first-order chi connectivity index (χ1) is 20.8. The zero-order valence-corrected chi connectivity index (χ0v) is 26.9. The molecule has 0 saturated carbocycles. The smallest absolute Gasteiger partial charge is 0.271 e. The summed E-state index contributed by atoms with van der Waals surface area (Å²) in [5, 5.41) is 2.98. The monoisotopic (exact) mass is 707 g/mol. The maximum atomic E-state index is 14.1. The fraction of sp³-hybridized carbons (Fsp3) is 0.182. The van der Waals surface area contributed by atoms with Crippen molar-refractivity contribution >= 4 is 51.6 Å². The molecule has 1 N–H and O–H groups in total. The van der Waals surface area contributed by atoms with E-state index in [0.717, 1.165) is 14.7 Å². The van der Waals surface area contributed by atoms with Crippen molar-refractivity contribution < 1.29 is 19.0 Å². The number of nitrogens with one attached hydrogen (secondary N) is 1. The fourth-order valence-corrected chi connectivity index (χ4v) is 6.64. The highest BCUT2D eigenvalue weighted by atomic mass is 127. The Hall–Kier alpha value is -4.16. The molecule has 220 valence electrons. The minimum Gasteiger partial charge on any atom is -0.494 e. The highest BCUT2D eigenvalue weighted by Crippen LogP contribution is 2.35. The van der Waals surface area contributed by atoms with Crippen LogP contribution in [0.25, 0.3) is 6.08 Å². The van der Waals surface area contributed by atoms with E-state index in [9.17, 15) is 9.59 Å². The summed E-state index contributed by atoms with van der Waals surface area (Å²) >= 11 is 3.46. The molecule has 43 heavy (non-hydrogen) atoms. The third-order valence-electron chi connectivity index (χ3n) is 6.70. The number of aromatic nitrogens is 1. The zero-order chi connectivity index (χ0) is 30.5. The Bertz CT molecular complexity index is 1880. The van der Waals surface area contributed by atoms with Gasteiger partial charge in [0.15, 0.2) is 16.3 Å². The molecule has 0 bridgehead atoms. The standard InChI is InChI=1S/C33H30IN3O5S/c1-5-16-42-30-25(34)17-21(18-26(30)40-4)19-27-32(39)37-29(22-12-14-24(15-13-22)41-6-2)28(20(3)35-33(37)43-27)31(38)36-23-10-8-7-9-11-23/h5,7-15,17-19,29H,1,6,16H2,2-4H3,(H,36,38)/b27-19-/t29-/m1/s1. The molecule has 1 atom stereocenters. The number of benzene rings is 3. The lowest BCUT2D eigenvalue weighted by molar-refractivity contribution is -0.113. The number of ether oxygens (including phenoxy) is 3. The van der Waals surface area contributed by atoms with Gasteiger partial charge < -0.3 is 19.5 Å². The second kappa shape index (κ2) is 13.4. The second-order valence-corrected chi connectivity index (χ2v) is 11.7. The van der Waals surface area contributed by atoms with E-state index in [4.69, 9.17) is 19.2 Å². The van der Waals surface area contributed by atoms with Gasteiger partial charge in [-0.25, -0.2) is 4.99 Å². The molecular formula is C33H30IN3O5S. The van der Waals surface area contributed by atoms with E-state index in [-0.39, 0.29) is 11.5 Å². The molecule has 1 aromatic heterocycles. The first-order valence-corrected chi connectivity index (χ1v) is 15.5. The minimum absolute atomic E-state index is 0.249. The number of allylic oxidation sites excluding steroid dienone is 1. The van der Waals surface area contributed by atoms with Crippen LogP contribution in [0.2, 0.25) is 0 Å². The largest absolute Gasteiger partial charge is 0.494 e. The molecule has 2 heterocycles. The van der Waals surface area contributed by atoms with E-state index in [1.807, 2.05) is 79.7 Å². The van der Waals surface area contributed by atoms with Crippen molar-refractivity contribution in [2.45, 2.75) is 19.9 Å². The number of para-hydroxylation sites is 1. The highest BCUT2D eigenvalue weighted by Gasteiger charge is 2.32. The van der Waals surface area contributed by atoms with Crippen molar-refractivity contribution in [1.82, 2.24) is 4.57 Å². The van der Waals surface area contributed by atoms with Gasteiger partial charge in [-0.3, -0.25) is 14.2 Å². The van der Waals surface area contributed by atoms with Gasteiger partial charge in [-0.1, -0.05) is 54.3 Å². The number of anilines is 1. The molecule has 1 aliphatic rings. The SMILES string of the molecule is C=CCOc1c(I)cc(/C=c2\sc3n(c2=O)[C@H](c2ccc(OCC)cc2)C(C(=O)Nc2ccccc2)=C(C)N=3)cc1OC. The predicted molar refractivity (Wildman–Crippen MR) is 178 cm³/mol. The third kappa shape index (κ3) is 6.45. The number of rotatable bonds is 10. The molecule has 0 spiro atoms. The third-order valence-corrected chi connectivity index (χ3v) is 8.48. The van der Waals surface area contributed by atoms with Gasteiger partial charge in [0.2, 0.25) is 0 Å². The maximum Gasteiger partial charge on any atom is 0.271 e. The Balaban J connectivity index is 1.64. The summed E-state index contributed by atoms with van der Waals surface area (Å²) in [6.07, 6.45) is 3.48. The Morgan fingerprint density at radius 1 is 1.14 bits per heavy atom. The number of halogens is 1. The van der Waals surface area contributed by atoms with Crippen LogP contribution in [-0.4, -0.2) is 30.8 Å². The quantitative estimate of drug-likeness (QED) is 0.175. The van der Waals surface area contributed by atoms with Crippen molar-refractivity contribution in [2.75, 3.05) is 25.6 Å². The number of carbonyl (C=O) groups is 1. The normalized spacial score (nSPS) is 14.5. The summed E-state index contributed by atoms with van der Waals surface area (Å²) < 4.78 is 19.9. The first kappa shape index (κ1) is 30.3. The van der Waals surface area contributed by atoms with Crippen LogP contribution in [0.3, 0.4) is 0 Å². The maximum absolute atomic E-state index is 14.1. The van der Waals surface area contributed by atoms with Gasteiger partial charge in [0.1, 0.15) is 12.4 Å². The highest BCUT2D eigenvalue weighted by molar-refractivity contribution is 14.1. The lowest BCUT2D eigenvalue weighted by atomic mass is 9.95. The van der Waals surface area contributed by atoms with Crippen LogP contribution < -0.4 is 34.4 Å². The van der Waals surface area contributed by atoms with Crippen molar-refractivity contribution in [3.05, 3.63) is 125 Å². The number of nitrogens with zero attached hydrogens (tertiary/aromatic N) is 2. The Morgan fingerprint density at radius 3 is 2.56 bits per heavy atom. The number of hydrogen-bond donors (Lipinski definition) is 1. The van der Waals surface area contributed by atoms with Gasteiger partial charge in [0.25, 0.3) is 11.5 Å². The van der Waals surface area contributed by atoms with Crippen molar-refractivity contribution in [3.63, 3.8) is 0 Å². The van der Waals surface area contributed by atoms with Crippen molar-refractivity contribution in [2.24, 2.45) is 4.99 Å². The van der Waals surface area contributed by atoms with Gasteiger partial charge in [0, 0.05) is 5.69 Å². The van der Waals surface area contributed by atoms with E-state index in [2.05, 4.69) is 34.5 Å². The van der Waals surface area contributed by atoms with E-state index in [1.165, 1.54) is 11.3 Å². The molecule has 0 unspecified atom stereocenters. The summed E-state index contributed by atoms with van der Waals surface area (Å²) in [5.41, 5.74) is 2.88. The van der Waals surface area contributed by atoms with Crippen molar-refractivity contribution in [3.8, 4) is 17.2 Å². The summed E-state index contributed by atoms with van der Waals surface area (Å²) in [7, 11) is 1.57. The number of hydrogen-bond acceptors (Lipinski definition) is 7. The molecule has 0 aliphatic carbocycles. The molecule has 1 amide bonds. The summed E-state index contributed by atoms with van der Waals surface area (Å²) in [4.78, 5) is 33.1. The van der Waals surface area contributed by atoms with Gasteiger partial charge >= 0.3 is 0 Å². The van der Waals surface area contributed by atoms with Crippen LogP contribution in [0.15, 0.2) is 100 Å². The molecule has 10 heteroatoms. The zero-order valence-electron chi connectivity index (χ0n) is 23.9.